The Labute approximate surface area is 86.7 Å². The average molecular weight is 192 g/mol. The van der Waals surface area contributed by atoms with Gasteiger partial charge in [-0.15, -0.1) is 0 Å². The standard InChI is InChI=1S/C12H20N2/c1-10(2)14-11(3)13-9-12-7-5-4-6-8-12/h4-8,10-11,13-14H,9H2,1-3H3. The van der Waals surface area contributed by atoms with Crippen LogP contribution >= 0.6 is 0 Å². The second-order valence-electron chi connectivity index (χ2n) is 3.91. The number of hydrogen-bond donors (Lipinski definition) is 2. The maximum absolute atomic E-state index is 3.42. The van der Waals surface area contributed by atoms with Gasteiger partial charge >= 0.3 is 0 Å². The van der Waals surface area contributed by atoms with Crippen LogP contribution in [0.1, 0.15) is 26.3 Å². The van der Waals surface area contributed by atoms with Crippen molar-refractivity contribution >= 4 is 0 Å². The molecule has 1 atom stereocenters. The molecule has 0 aliphatic heterocycles. The van der Waals surface area contributed by atoms with E-state index in [9.17, 15) is 0 Å². The van der Waals surface area contributed by atoms with E-state index in [1.807, 2.05) is 6.07 Å². The normalized spacial score (nSPS) is 13.1. The highest BCUT2D eigenvalue weighted by molar-refractivity contribution is 5.14. The summed E-state index contributed by atoms with van der Waals surface area (Å²) in [6, 6.07) is 11.0. The Hall–Kier alpha value is -0.860. The minimum absolute atomic E-state index is 0.357. The van der Waals surface area contributed by atoms with Gasteiger partial charge in [0.2, 0.25) is 0 Å². The fourth-order valence-electron chi connectivity index (χ4n) is 1.43. The lowest BCUT2D eigenvalue weighted by molar-refractivity contribution is 0.416. The summed E-state index contributed by atoms with van der Waals surface area (Å²) in [5.41, 5.74) is 1.32. The molecular formula is C12H20N2. The minimum Gasteiger partial charge on any atom is -0.300 e. The SMILES string of the molecule is CC(C)NC(C)NCc1ccccc1. The van der Waals surface area contributed by atoms with Crippen LogP contribution in [-0.2, 0) is 6.54 Å². The summed E-state index contributed by atoms with van der Waals surface area (Å²) in [5.74, 6) is 0. The van der Waals surface area contributed by atoms with E-state index in [1.54, 1.807) is 0 Å². The van der Waals surface area contributed by atoms with Crippen LogP contribution in [0.2, 0.25) is 0 Å². The summed E-state index contributed by atoms with van der Waals surface area (Å²) in [5, 5.41) is 6.82. The van der Waals surface area contributed by atoms with Gasteiger partial charge in [0.1, 0.15) is 0 Å². The number of benzene rings is 1. The van der Waals surface area contributed by atoms with Crippen LogP contribution in [0.25, 0.3) is 0 Å². The third-order valence-corrected chi connectivity index (χ3v) is 2.04. The second kappa shape index (κ2) is 5.78. The molecule has 78 valence electrons. The Kier molecular flexibility index (Phi) is 4.63. The lowest BCUT2D eigenvalue weighted by atomic mass is 10.2. The first-order valence-corrected chi connectivity index (χ1v) is 5.22. The van der Waals surface area contributed by atoms with Crippen LogP contribution in [0.15, 0.2) is 30.3 Å². The molecule has 0 spiro atoms. The van der Waals surface area contributed by atoms with Crippen LogP contribution in [0.4, 0.5) is 0 Å². The third-order valence-electron chi connectivity index (χ3n) is 2.04. The monoisotopic (exact) mass is 192 g/mol. The van der Waals surface area contributed by atoms with Gasteiger partial charge in [-0.25, -0.2) is 0 Å². The van der Waals surface area contributed by atoms with E-state index in [-0.39, 0.29) is 0 Å². The van der Waals surface area contributed by atoms with E-state index < -0.39 is 0 Å². The molecule has 14 heavy (non-hydrogen) atoms. The quantitative estimate of drug-likeness (QED) is 0.698. The number of nitrogens with one attached hydrogen (secondary N) is 2. The lowest BCUT2D eigenvalue weighted by Gasteiger charge is -2.18. The molecule has 1 aromatic rings. The molecule has 1 rings (SSSR count). The van der Waals surface area contributed by atoms with Gasteiger partial charge < -0.3 is 0 Å². The molecule has 2 heteroatoms. The predicted octanol–water partition coefficient (Wildman–Crippen LogP) is 2.12. The zero-order valence-electron chi connectivity index (χ0n) is 9.25. The molecule has 0 fully saturated rings. The fourth-order valence-corrected chi connectivity index (χ4v) is 1.43. The van der Waals surface area contributed by atoms with Crippen molar-refractivity contribution in [2.24, 2.45) is 0 Å². The highest BCUT2D eigenvalue weighted by Crippen LogP contribution is 1.97. The number of hydrogen-bond acceptors (Lipinski definition) is 2. The summed E-state index contributed by atoms with van der Waals surface area (Å²) in [6.07, 6.45) is 0.357. The van der Waals surface area contributed by atoms with Crippen molar-refractivity contribution in [3.63, 3.8) is 0 Å². The summed E-state index contributed by atoms with van der Waals surface area (Å²) in [6.45, 7) is 7.37. The van der Waals surface area contributed by atoms with Crippen LogP contribution in [-0.4, -0.2) is 12.2 Å². The second-order valence-corrected chi connectivity index (χ2v) is 3.91. The summed E-state index contributed by atoms with van der Waals surface area (Å²) < 4.78 is 0. The summed E-state index contributed by atoms with van der Waals surface area (Å²) >= 11 is 0. The first-order chi connectivity index (χ1) is 6.68. The van der Waals surface area contributed by atoms with E-state index in [4.69, 9.17) is 0 Å². The Morgan fingerprint density at radius 3 is 2.29 bits per heavy atom. The fraction of sp³-hybridized carbons (Fsp3) is 0.500. The molecule has 2 N–H and O–H groups in total. The van der Waals surface area contributed by atoms with Gasteiger partial charge in [0.05, 0.1) is 6.17 Å². The van der Waals surface area contributed by atoms with Crippen molar-refractivity contribution in [1.82, 2.24) is 10.6 Å². The molecule has 0 saturated heterocycles. The Bertz CT molecular complexity index is 244. The van der Waals surface area contributed by atoms with E-state index in [0.29, 0.717) is 12.2 Å². The van der Waals surface area contributed by atoms with Gasteiger partial charge in [-0.1, -0.05) is 30.3 Å². The maximum Gasteiger partial charge on any atom is 0.0547 e. The smallest absolute Gasteiger partial charge is 0.0547 e. The van der Waals surface area contributed by atoms with Crippen LogP contribution < -0.4 is 10.6 Å². The average Bonchev–Trinajstić information content (AvgIpc) is 2.15. The molecule has 0 aliphatic carbocycles. The molecule has 0 bridgehead atoms. The van der Waals surface area contributed by atoms with E-state index >= 15 is 0 Å². The third kappa shape index (κ3) is 4.40. The lowest BCUT2D eigenvalue weighted by Crippen LogP contribution is -2.42. The number of rotatable bonds is 5. The summed E-state index contributed by atoms with van der Waals surface area (Å²) in [4.78, 5) is 0. The van der Waals surface area contributed by atoms with Crippen molar-refractivity contribution in [3.8, 4) is 0 Å². The topological polar surface area (TPSA) is 24.1 Å². The van der Waals surface area contributed by atoms with Crippen molar-refractivity contribution in [2.75, 3.05) is 0 Å². The molecule has 2 nitrogen and oxygen atoms in total. The van der Waals surface area contributed by atoms with Gasteiger partial charge in [0, 0.05) is 12.6 Å². The molecule has 0 heterocycles. The maximum atomic E-state index is 3.42. The first kappa shape index (κ1) is 11.2. The first-order valence-electron chi connectivity index (χ1n) is 5.22. The Morgan fingerprint density at radius 1 is 1.07 bits per heavy atom. The van der Waals surface area contributed by atoms with Gasteiger partial charge in [-0.3, -0.25) is 10.6 Å². The molecule has 0 aliphatic rings. The zero-order chi connectivity index (χ0) is 10.4. The van der Waals surface area contributed by atoms with Crippen LogP contribution in [0, 0.1) is 0 Å². The van der Waals surface area contributed by atoms with Gasteiger partial charge in [-0.05, 0) is 26.3 Å². The van der Waals surface area contributed by atoms with Gasteiger partial charge in [0.15, 0.2) is 0 Å². The van der Waals surface area contributed by atoms with E-state index in [0.717, 1.165) is 6.54 Å². The van der Waals surface area contributed by atoms with Crippen LogP contribution in [0.5, 0.6) is 0 Å². The minimum atomic E-state index is 0.357. The van der Waals surface area contributed by atoms with Gasteiger partial charge in [-0.2, -0.15) is 0 Å². The van der Waals surface area contributed by atoms with Crippen molar-refractivity contribution in [3.05, 3.63) is 35.9 Å². The molecule has 0 aromatic heterocycles. The van der Waals surface area contributed by atoms with Crippen LogP contribution in [0.3, 0.4) is 0 Å². The Morgan fingerprint density at radius 2 is 1.71 bits per heavy atom. The van der Waals surface area contributed by atoms with Crippen molar-refractivity contribution in [2.45, 2.75) is 39.5 Å². The van der Waals surface area contributed by atoms with E-state index in [1.165, 1.54) is 5.56 Å². The van der Waals surface area contributed by atoms with Gasteiger partial charge in [0.25, 0.3) is 0 Å². The largest absolute Gasteiger partial charge is 0.300 e. The Balaban J connectivity index is 2.27. The highest BCUT2D eigenvalue weighted by atomic mass is 15.1. The molecule has 0 saturated carbocycles. The molecular weight excluding hydrogens is 172 g/mol. The highest BCUT2D eigenvalue weighted by Gasteiger charge is 2.01. The zero-order valence-corrected chi connectivity index (χ0v) is 9.25. The van der Waals surface area contributed by atoms with Crippen molar-refractivity contribution < 1.29 is 0 Å². The van der Waals surface area contributed by atoms with Crippen molar-refractivity contribution in [1.29, 1.82) is 0 Å². The molecule has 0 radical (unpaired) electrons. The molecule has 0 amide bonds. The summed E-state index contributed by atoms with van der Waals surface area (Å²) in [7, 11) is 0. The van der Waals surface area contributed by atoms with E-state index in [2.05, 4.69) is 55.7 Å². The molecule has 1 unspecified atom stereocenters. The predicted molar refractivity (Wildman–Crippen MR) is 61.0 cm³/mol. The molecule has 1 aromatic carbocycles.